The second-order valence-corrected chi connectivity index (χ2v) is 6.62. The van der Waals surface area contributed by atoms with Crippen LogP contribution in [0.1, 0.15) is 21.5 Å². The molecule has 0 unspecified atom stereocenters. The molecule has 7 nitrogen and oxygen atoms in total. The van der Waals surface area contributed by atoms with Gasteiger partial charge in [-0.25, -0.2) is 4.79 Å². The van der Waals surface area contributed by atoms with Gasteiger partial charge in [-0.1, -0.05) is 35.6 Å². The normalized spacial score (nSPS) is 13.3. The molecule has 0 bridgehead atoms. The van der Waals surface area contributed by atoms with Crippen molar-refractivity contribution in [2.45, 2.75) is 12.8 Å². The summed E-state index contributed by atoms with van der Waals surface area (Å²) in [5.74, 6) is -0.994. The number of rotatable bonds is 4. The van der Waals surface area contributed by atoms with E-state index in [4.69, 9.17) is 11.5 Å². The van der Waals surface area contributed by atoms with Crippen molar-refractivity contribution in [3.05, 3.63) is 47.0 Å². The Bertz CT molecular complexity index is 805. The summed E-state index contributed by atoms with van der Waals surface area (Å²) in [5.41, 5.74) is 12.8. The lowest BCUT2D eigenvalue weighted by Crippen LogP contribution is -2.22. The second-order valence-electron chi connectivity index (χ2n) is 5.57. The van der Waals surface area contributed by atoms with Gasteiger partial charge in [-0.15, -0.1) is 0 Å². The number of amides is 4. The minimum Gasteiger partial charge on any atom is -0.366 e. The van der Waals surface area contributed by atoms with Gasteiger partial charge in [0, 0.05) is 5.92 Å². The van der Waals surface area contributed by atoms with E-state index < -0.39 is 11.9 Å². The maximum Gasteiger partial charge on any atom is 0.317 e. The predicted octanol–water partition coefficient (Wildman–Crippen LogP) is 1.69. The zero-order chi connectivity index (χ0) is 17.3. The highest BCUT2D eigenvalue weighted by molar-refractivity contribution is 7.20. The Balaban J connectivity index is 1.73. The van der Waals surface area contributed by atoms with Crippen LogP contribution in [0.2, 0.25) is 0 Å². The van der Waals surface area contributed by atoms with E-state index in [0.717, 1.165) is 11.3 Å². The summed E-state index contributed by atoms with van der Waals surface area (Å²) in [6, 6.07) is 8.60. The molecular weight excluding hydrogens is 328 g/mol. The van der Waals surface area contributed by atoms with Crippen LogP contribution in [-0.4, -0.2) is 17.8 Å². The van der Waals surface area contributed by atoms with Gasteiger partial charge in [0.25, 0.3) is 5.91 Å². The van der Waals surface area contributed by atoms with Crippen molar-refractivity contribution in [2.24, 2.45) is 17.4 Å². The fourth-order valence-electron chi connectivity index (χ4n) is 2.81. The number of thiophene rings is 1. The predicted molar refractivity (Wildman–Crippen MR) is 92.0 cm³/mol. The largest absolute Gasteiger partial charge is 0.366 e. The fraction of sp³-hybridized carbons (Fsp3) is 0.188. The molecule has 0 radical (unpaired) electrons. The molecule has 0 aliphatic heterocycles. The number of carbonyl (C=O) groups excluding carboxylic acids is 3. The Kier molecular flexibility index (Phi) is 4.22. The molecule has 3 rings (SSSR count). The van der Waals surface area contributed by atoms with E-state index in [9.17, 15) is 14.4 Å². The average molecular weight is 344 g/mol. The third-order valence-corrected chi connectivity index (χ3v) is 4.87. The summed E-state index contributed by atoms with van der Waals surface area (Å²) in [6.07, 6.45) is 1.37. The van der Waals surface area contributed by atoms with Crippen LogP contribution >= 0.6 is 11.3 Å². The Morgan fingerprint density at radius 2 is 1.67 bits per heavy atom. The van der Waals surface area contributed by atoms with Crippen molar-refractivity contribution in [1.29, 1.82) is 0 Å². The maximum atomic E-state index is 12.5. The van der Waals surface area contributed by atoms with Gasteiger partial charge in [0.05, 0.1) is 10.6 Å². The monoisotopic (exact) mass is 344 g/mol. The van der Waals surface area contributed by atoms with Crippen LogP contribution < -0.4 is 22.1 Å². The van der Waals surface area contributed by atoms with Crippen molar-refractivity contribution in [3.8, 4) is 0 Å². The first kappa shape index (κ1) is 16.0. The quantitative estimate of drug-likeness (QED) is 0.674. The number of anilines is 2. The molecule has 6 N–H and O–H groups in total. The van der Waals surface area contributed by atoms with Crippen molar-refractivity contribution < 1.29 is 14.4 Å². The molecule has 2 aromatic rings. The summed E-state index contributed by atoms with van der Waals surface area (Å²) in [5, 5.41) is 5.79. The lowest BCUT2D eigenvalue weighted by molar-refractivity contribution is -0.119. The van der Waals surface area contributed by atoms with Gasteiger partial charge in [-0.3, -0.25) is 14.9 Å². The Morgan fingerprint density at radius 1 is 1.04 bits per heavy atom. The fourth-order valence-corrected chi connectivity index (χ4v) is 3.78. The number of benzene rings is 1. The van der Waals surface area contributed by atoms with Crippen LogP contribution in [0.15, 0.2) is 30.3 Å². The van der Waals surface area contributed by atoms with E-state index in [2.05, 4.69) is 10.6 Å². The first-order valence-electron chi connectivity index (χ1n) is 7.31. The Morgan fingerprint density at radius 3 is 2.21 bits per heavy atom. The number of hydrogen-bond donors (Lipinski definition) is 4. The third kappa shape index (κ3) is 3.23. The van der Waals surface area contributed by atoms with E-state index in [-0.39, 0.29) is 22.4 Å². The number of urea groups is 1. The number of hydrogen-bond acceptors (Lipinski definition) is 4. The Hall–Kier alpha value is -2.87. The maximum absolute atomic E-state index is 12.5. The average Bonchev–Trinajstić information content (AvgIpc) is 3.10. The molecule has 4 amide bonds. The van der Waals surface area contributed by atoms with Crippen LogP contribution in [0.4, 0.5) is 14.8 Å². The lowest BCUT2D eigenvalue weighted by atomic mass is 10.1. The van der Waals surface area contributed by atoms with Crippen LogP contribution in [0, 0.1) is 5.92 Å². The molecular formula is C16H16N4O3S. The van der Waals surface area contributed by atoms with Gasteiger partial charge in [0.15, 0.2) is 0 Å². The van der Waals surface area contributed by atoms with Crippen molar-refractivity contribution in [1.82, 2.24) is 0 Å². The molecule has 0 saturated carbocycles. The molecule has 0 atom stereocenters. The van der Waals surface area contributed by atoms with E-state index in [1.165, 1.54) is 17.2 Å². The third-order valence-electron chi connectivity index (χ3n) is 3.90. The van der Waals surface area contributed by atoms with Gasteiger partial charge in [0.1, 0.15) is 5.00 Å². The molecule has 1 aromatic heterocycles. The minimum absolute atomic E-state index is 0.115. The molecule has 1 aliphatic rings. The summed E-state index contributed by atoms with van der Waals surface area (Å²) >= 11 is 1.04. The van der Waals surface area contributed by atoms with Gasteiger partial charge < -0.3 is 16.8 Å². The first-order valence-corrected chi connectivity index (χ1v) is 8.13. The van der Waals surface area contributed by atoms with Gasteiger partial charge in [-0.2, -0.15) is 0 Å². The lowest BCUT2D eigenvalue weighted by Gasteiger charge is -2.08. The smallest absolute Gasteiger partial charge is 0.317 e. The molecule has 1 aromatic carbocycles. The van der Waals surface area contributed by atoms with E-state index in [1.807, 2.05) is 24.3 Å². The van der Waals surface area contributed by atoms with E-state index in [0.29, 0.717) is 17.8 Å². The van der Waals surface area contributed by atoms with Crippen LogP contribution in [0.25, 0.3) is 0 Å². The molecule has 0 spiro atoms. The van der Waals surface area contributed by atoms with Crippen LogP contribution in [0.3, 0.4) is 0 Å². The number of fused-ring (bicyclic) bond motifs is 1. The summed E-state index contributed by atoms with van der Waals surface area (Å²) in [6.45, 7) is 0. The summed E-state index contributed by atoms with van der Waals surface area (Å²) < 4.78 is 0. The van der Waals surface area contributed by atoms with E-state index >= 15 is 0 Å². The second kappa shape index (κ2) is 6.32. The van der Waals surface area contributed by atoms with Crippen molar-refractivity contribution >= 4 is 39.2 Å². The Labute approximate surface area is 142 Å². The highest BCUT2D eigenvalue weighted by atomic mass is 32.1. The molecule has 1 aliphatic carbocycles. The number of carbonyl (C=O) groups is 3. The summed E-state index contributed by atoms with van der Waals surface area (Å²) in [4.78, 5) is 34.9. The highest BCUT2D eigenvalue weighted by Gasteiger charge is 2.27. The van der Waals surface area contributed by atoms with Crippen LogP contribution in [0.5, 0.6) is 0 Å². The highest BCUT2D eigenvalue weighted by Crippen LogP contribution is 2.33. The minimum atomic E-state index is -0.802. The number of nitrogens with two attached hydrogens (primary N) is 2. The molecule has 0 fully saturated rings. The molecule has 124 valence electrons. The van der Waals surface area contributed by atoms with Crippen molar-refractivity contribution in [2.75, 3.05) is 10.6 Å². The van der Waals surface area contributed by atoms with Gasteiger partial charge in [0.2, 0.25) is 5.91 Å². The zero-order valence-corrected chi connectivity index (χ0v) is 13.5. The number of nitrogens with one attached hydrogen (secondary N) is 2. The first-order chi connectivity index (χ1) is 11.4. The zero-order valence-electron chi connectivity index (χ0n) is 12.7. The standard InChI is InChI=1S/C16H16N4O3S/c17-13(21)11-7-12(24-15(11)20-16(18)23)19-14(22)10-5-8-3-1-2-4-9(8)6-10/h1-4,7,10H,5-6H2,(H2,17,21)(H,19,22)(H3,18,20,23). The van der Waals surface area contributed by atoms with Gasteiger partial charge in [-0.05, 0) is 30.0 Å². The molecule has 1 heterocycles. The van der Waals surface area contributed by atoms with E-state index in [1.54, 1.807) is 0 Å². The summed E-state index contributed by atoms with van der Waals surface area (Å²) in [7, 11) is 0. The molecule has 8 heteroatoms. The number of primary amides is 2. The molecule has 24 heavy (non-hydrogen) atoms. The topological polar surface area (TPSA) is 127 Å². The van der Waals surface area contributed by atoms with Crippen LogP contribution in [-0.2, 0) is 17.6 Å². The molecule has 0 saturated heterocycles. The van der Waals surface area contributed by atoms with Crippen molar-refractivity contribution in [3.63, 3.8) is 0 Å². The SMILES string of the molecule is NC(=O)Nc1sc(NC(=O)C2Cc3ccccc3C2)cc1C(N)=O. The van der Waals surface area contributed by atoms with Gasteiger partial charge >= 0.3 is 6.03 Å².